The smallest absolute Gasteiger partial charge is 0.337 e. The van der Waals surface area contributed by atoms with E-state index in [0.717, 1.165) is 6.54 Å². The molecule has 2 rings (SSSR count). The van der Waals surface area contributed by atoms with Crippen LogP contribution in [0.2, 0.25) is 5.02 Å². The van der Waals surface area contributed by atoms with Crippen molar-refractivity contribution >= 4 is 28.9 Å². The SMILES string of the molecule is Nc1cc(Cl)c(NCC2CCC2)c(C(=O)O)c1. The van der Waals surface area contributed by atoms with E-state index in [1.54, 1.807) is 6.07 Å². The third kappa shape index (κ3) is 2.64. The minimum absolute atomic E-state index is 0.134. The third-order valence-electron chi connectivity index (χ3n) is 3.14. The summed E-state index contributed by atoms with van der Waals surface area (Å²) in [6, 6.07) is 2.99. The molecule has 0 amide bonds. The van der Waals surface area contributed by atoms with Gasteiger partial charge in [0, 0.05) is 12.2 Å². The Morgan fingerprint density at radius 2 is 2.24 bits per heavy atom. The molecule has 5 heteroatoms. The van der Waals surface area contributed by atoms with E-state index in [4.69, 9.17) is 22.4 Å². The number of hydrogen-bond acceptors (Lipinski definition) is 3. The van der Waals surface area contributed by atoms with Gasteiger partial charge >= 0.3 is 5.97 Å². The van der Waals surface area contributed by atoms with Crippen molar-refractivity contribution in [2.24, 2.45) is 5.92 Å². The number of carboxylic acid groups (broad SMARTS) is 1. The van der Waals surface area contributed by atoms with Gasteiger partial charge in [0.1, 0.15) is 0 Å². The highest BCUT2D eigenvalue weighted by Crippen LogP contribution is 2.32. The maximum atomic E-state index is 11.1. The summed E-state index contributed by atoms with van der Waals surface area (Å²) in [5, 5.41) is 12.6. The first kappa shape index (κ1) is 12.0. The van der Waals surface area contributed by atoms with Gasteiger partial charge in [-0.3, -0.25) is 0 Å². The van der Waals surface area contributed by atoms with E-state index in [1.807, 2.05) is 0 Å². The average Bonchev–Trinajstić information content (AvgIpc) is 2.17. The van der Waals surface area contributed by atoms with Gasteiger partial charge in [-0.1, -0.05) is 18.0 Å². The Balaban J connectivity index is 2.20. The maximum absolute atomic E-state index is 11.1. The van der Waals surface area contributed by atoms with E-state index < -0.39 is 5.97 Å². The molecule has 1 aromatic rings. The molecule has 0 saturated heterocycles. The molecule has 0 aliphatic heterocycles. The minimum Gasteiger partial charge on any atom is -0.478 e. The Labute approximate surface area is 105 Å². The Hall–Kier alpha value is -1.42. The Bertz CT molecular complexity index is 444. The summed E-state index contributed by atoms with van der Waals surface area (Å²) in [5.74, 6) is -0.388. The summed E-state index contributed by atoms with van der Waals surface area (Å²) < 4.78 is 0. The molecule has 0 aromatic heterocycles. The van der Waals surface area contributed by atoms with Gasteiger partial charge in [-0.25, -0.2) is 4.79 Å². The summed E-state index contributed by atoms with van der Waals surface area (Å²) >= 11 is 6.02. The van der Waals surface area contributed by atoms with Gasteiger partial charge in [0.15, 0.2) is 0 Å². The second-order valence-corrected chi connectivity index (χ2v) is 4.82. The molecule has 1 aliphatic carbocycles. The van der Waals surface area contributed by atoms with Gasteiger partial charge in [0.05, 0.1) is 16.3 Å². The molecule has 0 heterocycles. The fourth-order valence-electron chi connectivity index (χ4n) is 1.92. The van der Waals surface area contributed by atoms with Crippen LogP contribution in [0.3, 0.4) is 0 Å². The molecule has 4 N–H and O–H groups in total. The van der Waals surface area contributed by atoms with E-state index in [-0.39, 0.29) is 5.56 Å². The van der Waals surface area contributed by atoms with E-state index in [9.17, 15) is 4.79 Å². The zero-order valence-electron chi connectivity index (χ0n) is 9.37. The predicted molar refractivity (Wildman–Crippen MR) is 68.7 cm³/mol. The molecule has 0 atom stereocenters. The van der Waals surface area contributed by atoms with Crippen LogP contribution in [-0.4, -0.2) is 17.6 Å². The van der Waals surface area contributed by atoms with Gasteiger partial charge in [-0.05, 0) is 30.9 Å². The van der Waals surface area contributed by atoms with Gasteiger partial charge in [0.2, 0.25) is 0 Å². The summed E-state index contributed by atoms with van der Waals surface area (Å²) in [7, 11) is 0. The fourth-order valence-corrected chi connectivity index (χ4v) is 2.21. The molecule has 0 unspecified atom stereocenters. The van der Waals surface area contributed by atoms with Crippen LogP contribution in [0.15, 0.2) is 12.1 Å². The second-order valence-electron chi connectivity index (χ2n) is 4.41. The molecule has 92 valence electrons. The number of carboxylic acids is 1. The molecule has 4 nitrogen and oxygen atoms in total. The van der Waals surface area contributed by atoms with Crippen molar-refractivity contribution in [2.45, 2.75) is 19.3 Å². The van der Waals surface area contributed by atoms with Crippen molar-refractivity contribution in [3.05, 3.63) is 22.7 Å². The Morgan fingerprint density at radius 1 is 1.53 bits per heavy atom. The first-order valence-corrected chi connectivity index (χ1v) is 6.02. The number of anilines is 2. The first-order chi connectivity index (χ1) is 8.08. The van der Waals surface area contributed by atoms with Crippen molar-refractivity contribution < 1.29 is 9.90 Å². The quantitative estimate of drug-likeness (QED) is 0.722. The van der Waals surface area contributed by atoms with Gasteiger partial charge in [0.25, 0.3) is 0 Å². The Morgan fingerprint density at radius 3 is 2.76 bits per heavy atom. The molecule has 1 fully saturated rings. The van der Waals surface area contributed by atoms with Crippen LogP contribution in [0.25, 0.3) is 0 Å². The van der Waals surface area contributed by atoms with E-state index in [0.29, 0.717) is 22.3 Å². The van der Waals surface area contributed by atoms with Crippen molar-refractivity contribution in [2.75, 3.05) is 17.6 Å². The molecule has 0 spiro atoms. The van der Waals surface area contributed by atoms with Gasteiger partial charge in [-0.2, -0.15) is 0 Å². The fraction of sp³-hybridized carbons (Fsp3) is 0.417. The lowest BCUT2D eigenvalue weighted by molar-refractivity contribution is 0.0698. The number of nitrogen functional groups attached to an aromatic ring is 1. The van der Waals surface area contributed by atoms with Crippen molar-refractivity contribution in [3.8, 4) is 0 Å². The summed E-state index contributed by atoms with van der Waals surface area (Å²) in [6.07, 6.45) is 3.65. The van der Waals surface area contributed by atoms with Crippen LogP contribution >= 0.6 is 11.6 Å². The van der Waals surface area contributed by atoms with Gasteiger partial charge in [-0.15, -0.1) is 0 Å². The van der Waals surface area contributed by atoms with Crippen molar-refractivity contribution in [1.29, 1.82) is 0 Å². The van der Waals surface area contributed by atoms with Crippen LogP contribution in [0, 0.1) is 5.92 Å². The lowest BCUT2D eigenvalue weighted by atomic mass is 9.85. The number of nitrogens with one attached hydrogen (secondary N) is 1. The molecule has 1 aliphatic rings. The molecule has 0 radical (unpaired) electrons. The lowest BCUT2D eigenvalue weighted by Crippen LogP contribution is -2.22. The number of rotatable bonds is 4. The van der Waals surface area contributed by atoms with Crippen molar-refractivity contribution in [3.63, 3.8) is 0 Å². The van der Waals surface area contributed by atoms with E-state index >= 15 is 0 Å². The topological polar surface area (TPSA) is 75.3 Å². The summed E-state index contributed by atoms with van der Waals surface area (Å²) in [6.45, 7) is 0.768. The minimum atomic E-state index is -1.02. The molecule has 1 saturated carbocycles. The zero-order valence-corrected chi connectivity index (χ0v) is 10.1. The number of halogens is 1. The molecule has 1 aromatic carbocycles. The summed E-state index contributed by atoms with van der Waals surface area (Å²) in [4.78, 5) is 11.1. The summed E-state index contributed by atoms with van der Waals surface area (Å²) in [5.41, 5.74) is 6.55. The second kappa shape index (κ2) is 4.84. The highest BCUT2D eigenvalue weighted by Gasteiger charge is 2.19. The highest BCUT2D eigenvalue weighted by molar-refractivity contribution is 6.34. The first-order valence-electron chi connectivity index (χ1n) is 5.64. The highest BCUT2D eigenvalue weighted by atomic mass is 35.5. The van der Waals surface area contributed by atoms with E-state index in [2.05, 4.69) is 5.32 Å². The van der Waals surface area contributed by atoms with Crippen LogP contribution in [0.4, 0.5) is 11.4 Å². The Kier molecular flexibility index (Phi) is 3.43. The third-order valence-corrected chi connectivity index (χ3v) is 3.43. The van der Waals surface area contributed by atoms with Crippen LogP contribution in [0.5, 0.6) is 0 Å². The zero-order chi connectivity index (χ0) is 12.4. The standard InChI is InChI=1S/C12H15ClN2O2/c13-10-5-8(14)4-9(12(16)17)11(10)15-6-7-2-1-3-7/h4-5,7,15H,1-3,6,14H2,(H,16,17). The molecular formula is C12H15ClN2O2. The number of aromatic carboxylic acids is 1. The molecule has 0 bridgehead atoms. The van der Waals surface area contributed by atoms with Gasteiger partial charge < -0.3 is 16.2 Å². The monoisotopic (exact) mass is 254 g/mol. The number of nitrogens with two attached hydrogens (primary N) is 1. The predicted octanol–water partition coefficient (Wildman–Crippen LogP) is 2.83. The van der Waals surface area contributed by atoms with Crippen LogP contribution < -0.4 is 11.1 Å². The van der Waals surface area contributed by atoms with E-state index in [1.165, 1.54) is 25.3 Å². The number of hydrogen-bond donors (Lipinski definition) is 3. The van der Waals surface area contributed by atoms with Crippen LogP contribution in [-0.2, 0) is 0 Å². The maximum Gasteiger partial charge on any atom is 0.337 e. The van der Waals surface area contributed by atoms with Crippen LogP contribution in [0.1, 0.15) is 29.6 Å². The molecular weight excluding hydrogens is 240 g/mol. The number of benzene rings is 1. The number of carbonyl (C=O) groups is 1. The average molecular weight is 255 g/mol. The normalized spacial score (nSPS) is 15.4. The lowest BCUT2D eigenvalue weighted by Gasteiger charge is -2.26. The molecule has 17 heavy (non-hydrogen) atoms. The largest absolute Gasteiger partial charge is 0.478 e. The van der Waals surface area contributed by atoms with Crippen molar-refractivity contribution in [1.82, 2.24) is 0 Å².